The van der Waals surface area contributed by atoms with Crippen LogP contribution < -0.4 is 10.3 Å². The molecule has 116 valence electrons. The average molecular weight is 318 g/mol. The Morgan fingerprint density at radius 1 is 1.41 bits per heavy atom. The van der Waals surface area contributed by atoms with Crippen LogP contribution >= 0.6 is 11.3 Å². The summed E-state index contributed by atoms with van der Waals surface area (Å²) >= 11 is 1.50. The lowest BCUT2D eigenvalue weighted by Crippen LogP contribution is -2.12. The third kappa shape index (κ3) is 2.41. The number of H-pyrrole nitrogens is 1. The van der Waals surface area contributed by atoms with Crippen molar-refractivity contribution in [3.8, 4) is 16.5 Å². The van der Waals surface area contributed by atoms with Crippen molar-refractivity contribution in [1.29, 1.82) is 0 Å². The maximum Gasteiger partial charge on any atom is 0.277 e. The lowest BCUT2D eigenvalue weighted by molar-refractivity contribution is 0.343. The summed E-state index contributed by atoms with van der Waals surface area (Å²) in [5.41, 5.74) is 1.88. The lowest BCUT2D eigenvalue weighted by Gasteiger charge is -2.04. The predicted octanol–water partition coefficient (Wildman–Crippen LogP) is 2.74. The Kier molecular flexibility index (Phi) is 3.98. The molecule has 3 aromatic heterocycles. The van der Waals surface area contributed by atoms with Crippen molar-refractivity contribution >= 4 is 22.4 Å². The van der Waals surface area contributed by atoms with Gasteiger partial charge >= 0.3 is 0 Å². The number of aromatic nitrogens is 4. The molecule has 6 nitrogen and oxygen atoms in total. The zero-order valence-corrected chi connectivity index (χ0v) is 13.7. The van der Waals surface area contributed by atoms with E-state index in [1.54, 1.807) is 11.7 Å². The van der Waals surface area contributed by atoms with Gasteiger partial charge in [-0.15, -0.1) is 11.3 Å². The highest BCUT2D eigenvalue weighted by molar-refractivity contribution is 7.13. The highest BCUT2D eigenvalue weighted by Crippen LogP contribution is 2.33. The molecule has 0 bridgehead atoms. The standard InChI is InChI=1S/C15H18N4O2S/c1-4-6-9-11-12(19(3)18-9)15(20)17-14(16-11)13-10(21-5-2)7-8-22-13/h7-8H,4-6H2,1-3H3,(H,16,17,20). The molecule has 0 saturated carbocycles. The molecule has 0 aliphatic rings. The minimum atomic E-state index is -0.173. The molecular weight excluding hydrogens is 300 g/mol. The van der Waals surface area contributed by atoms with Crippen LogP contribution in [0.3, 0.4) is 0 Å². The Balaban J connectivity index is 2.21. The molecule has 0 fully saturated rings. The third-order valence-electron chi connectivity index (χ3n) is 3.39. The molecule has 0 amide bonds. The van der Waals surface area contributed by atoms with Gasteiger partial charge in [-0.1, -0.05) is 13.3 Å². The van der Waals surface area contributed by atoms with Gasteiger partial charge in [0.25, 0.3) is 5.56 Å². The van der Waals surface area contributed by atoms with Gasteiger partial charge in [-0.3, -0.25) is 9.48 Å². The fraction of sp³-hybridized carbons (Fsp3) is 0.400. The second-order valence-corrected chi connectivity index (χ2v) is 5.90. The monoisotopic (exact) mass is 318 g/mol. The zero-order chi connectivity index (χ0) is 15.7. The van der Waals surface area contributed by atoms with Crippen LogP contribution in [0.25, 0.3) is 21.7 Å². The lowest BCUT2D eigenvalue weighted by atomic mass is 10.2. The number of hydrogen-bond donors (Lipinski definition) is 1. The fourth-order valence-electron chi connectivity index (χ4n) is 2.50. The van der Waals surface area contributed by atoms with E-state index in [1.807, 2.05) is 18.4 Å². The van der Waals surface area contributed by atoms with Crippen molar-refractivity contribution in [3.05, 3.63) is 27.5 Å². The van der Waals surface area contributed by atoms with Gasteiger partial charge < -0.3 is 9.72 Å². The van der Waals surface area contributed by atoms with E-state index in [0.717, 1.165) is 29.2 Å². The molecule has 0 aliphatic heterocycles. The molecule has 0 aliphatic carbocycles. The number of nitrogens with zero attached hydrogens (tertiary/aromatic N) is 3. The van der Waals surface area contributed by atoms with E-state index in [4.69, 9.17) is 4.74 Å². The van der Waals surface area contributed by atoms with E-state index in [-0.39, 0.29) is 5.56 Å². The highest BCUT2D eigenvalue weighted by Gasteiger charge is 2.17. The molecule has 3 aromatic rings. The number of aryl methyl sites for hydroxylation is 2. The maximum absolute atomic E-state index is 12.4. The van der Waals surface area contributed by atoms with Crippen LogP contribution in [0.5, 0.6) is 5.75 Å². The first-order valence-corrected chi connectivity index (χ1v) is 8.20. The quantitative estimate of drug-likeness (QED) is 0.785. The number of fused-ring (bicyclic) bond motifs is 1. The van der Waals surface area contributed by atoms with Crippen LogP contribution in [0.2, 0.25) is 0 Å². The molecular formula is C15H18N4O2S. The van der Waals surface area contributed by atoms with Crippen LogP contribution in [-0.4, -0.2) is 26.4 Å². The molecule has 0 atom stereocenters. The van der Waals surface area contributed by atoms with Gasteiger partial charge in [0.2, 0.25) is 0 Å². The van der Waals surface area contributed by atoms with Gasteiger partial charge in [-0.2, -0.15) is 5.10 Å². The Morgan fingerprint density at radius 3 is 2.95 bits per heavy atom. The zero-order valence-electron chi connectivity index (χ0n) is 12.8. The summed E-state index contributed by atoms with van der Waals surface area (Å²) in [7, 11) is 1.77. The van der Waals surface area contributed by atoms with Crippen LogP contribution in [0.4, 0.5) is 0 Å². The normalized spacial score (nSPS) is 11.2. The van der Waals surface area contributed by atoms with Gasteiger partial charge in [0.15, 0.2) is 11.3 Å². The number of ether oxygens (including phenoxy) is 1. The highest BCUT2D eigenvalue weighted by atomic mass is 32.1. The van der Waals surface area contributed by atoms with Crippen molar-refractivity contribution in [2.45, 2.75) is 26.7 Å². The summed E-state index contributed by atoms with van der Waals surface area (Å²) in [6, 6.07) is 1.89. The first-order valence-electron chi connectivity index (χ1n) is 7.32. The predicted molar refractivity (Wildman–Crippen MR) is 87.6 cm³/mol. The summed E-state index contributed by atoms with van der Waals surface area (Å²) in [4.78, 5) is 20.8. The number of rotatable bonds is 5. The molecule has 3 rings (SSSR count). The Morgan fingerprint density at radius 2 is 2.23 bits per heavy atom. The first-order chi connectivity index (χ1) is 10.7. The second kappa shape index (κ2) is 5.92. The second-order valence-electron chi connectivity index (χ2n) is 4.98. The summed E-state index contributed by atoms with van der Waals surface area (Å²) in [5, 5.41) is 6.36. The Bertz CT molecular complexity index is 862. The van der Waals surface area contributed by atoms with Gasteiger partial charge in [0.1, 0.15) is 16.1 Å². The molecule has 0 saturated heterocycles. The number of hydrogen-bond acceptors (Lipinski definition) is 5. The molecule has 3 heterocycles. The summed E-state index contributed by atoms with van der Waals surface area (Å²) in [6.07, 6.45) is 1.76. The summed E-state index contributed by atoms with van der Waals surface area (Å²) in [5.74, 6) is 1.29. The maximum atomic E-state index is 12.4. The smallest absolute Gasteiger partial charge is 0.277 e. The number of thiophene rings is 1. The van der Waals surface area contributed by atoms with Gasteiger partial charge in [-0.25, -0.2) is 4.98 Å². The first kappa shape index (κ1) is 14.8. The fourth-order valence-corrected chi connectivity index (χ4v) is 3.28. The topological polar surface area (TPSA) is 72.8 Å². The van der Waals surface area contributed by atoms with Crippen LogP contribution in [-0.2, 0) is 13.5 Å². The minimum Gasteiger partial charge on any atom is -0.492 e. The molecule has 0 unspecified atom stereocenters. The van der Waals surface area contributed by atoms with Crippen molar-refractivity contribution in [1.82, 2.24) is 19.7 Å². The Labute approximate surface area is 131 Å². The number of nitrogens with one attached hydrogen (secondary N) is 1. The van der Waals surface area contributed by atoms with Crippen molar-refractivity contribution < 1.29 is 4.74 Å². The van der Waals surface area contributed by atoms with Crippen molar-refractivity contribution in [3.63, 3.8) is 0 Å². The molecule has 7 heteroatoms. The summed E-state index contributed by atoms with van der Waals surface area (Å²) < 4.78 is 7.20. The van der Waals surface area contributed by atoms with E-state index < -0.39 is 0 Å². The SMILES string of the molecule is CCCc1nn(C)c2c(=O)[nH]c(-c3sccc3OCC)nc12. The van der Waals surface area contributed by atoms with Gasteiger partial charge in [0, 0.05) is 7.05 Å². The third-order valence-corrected chi connectivity index (χ3v) is 4.30. The molecule has 0 aromatic carbocycles. The van der Waals surface area contributed by atoms with Crippen LogP contribution in [0.15, 0.2) is 16.2 Å². The van der Waals surface area contributed by atoms with Gasteiger partial charge in [-0.05, 0) is 24.8 Å². The average Bonchev–Trinajstić information content (AvgIpc) is 3.05. The van der Waals surface area contributed by atoms with Crippen molar-refractivity contribution in [2.75, 3.05) is 6.61 Å². The Hall–Kier alpha value is -2.15. The van der Waals surface area contributed by atoms with E-state index in [9.17, 15) is 4.79 Å². The van der Waals surface area contributed by atoms with E-state index in [2.05, 4.69) is 22.0 Å². The molecule has 0 radical (unpaired) electrons. The van der Waals surface area contributed by atoms with Crippen LogP contribution in [0, 0.1) is 0 Å². The van der Waals surface area contributed by atoms with E-state index in [1.165, 1.54) is 11.3 Å². The molecule has 0 spiro atoms. The minimum absolute atomic E-state index is 0.173. The molecule has 1 N–H and O–H groups in total. The van der Waals surface area contributed by atoms with Gasteiger partial charge in [0.05, 0.1) is 12.3 Å². The largest absolute Gasteiger partial charge is 0.492 e. The number of aromatic amines is 1. The molecule has 22 heavy (non-hydrogen) atoms. The van der Waals surface area contributed by atoms with E-state index in [0.29, 0.717) is 23.5 Å². The summed E-state index contributed by atoms with van der Waals surface area (Å²) in [6.45, 7) is 4.59. The van der Waals surface area contributed by atoms with Crippen molar-refractivity contribution in [2.24, 2.45) is 7.05 Å². The van der Waals surface area contributed by atoms with Crippen LogP contribution in [0.1, 0.15) is 26.0 Å². The van der Waals surface area contributed by atoms with E-state index >= 15 is 0 Å².